The van der Waals surface area contributed by atoms with E-state index in [0.29, 0.717) is 10.6 Å². The average molecular weight is 372 g/mol. The molecule has 2 rings (SSSR count). The number of unbranched alkanes of at least 4 members (excludes halogenated alkanes) is 1. The summed E-state index contributed by atoms with van der Waals surface area (Å²) in [5.74, 6) is -0.166. The molecule has 1 aliphatic heterocycles. The van der Waals surface area contributed by atoms with Gasteiger partial charge in [-0.05, 0) is 25.0 Å². The topological polar surface area (TPSA) is 15.3 Å². The maximum atomic E-state index is 14.3. The van der Waals surface area contributed by atoms with E-state index in [1.807, 2.05) is 6.92 Å². The quantitative estimate of drug-likeness (QED) is 0.802. The normalized spacial score (nSPS) is 16.5. The molecule has 0 bridgehead atoms. The number of benzene rings is 1. The van der Waals surface area contributed by atoms with E-state index in [4.69, 9.17) is 11.6 Å². The molecule has 1 aromatic carbocycles. The monoisotopic (exact) mass is 370 g/mol. The van der Waals surface area contributed by atoms with Crippen LogP contribution >= 0.6 is 36.4 Å². The molecule has 0 radical (unpaired) electrons. The van der Waals surface area contributed by atoms with Crippen LogP contribution < -0.4 is 5.32 Å². The van der Waals surface area contributed by atoms with Gasteiger partial charge in [0.2, 0.25) is 0 Å². The van der Waals surface area contributed by atoms with Crippen LogP contribution in [0.5, 0.6) is 0 Å². The predicted octanol–water partition coefficient (Wildman–Crippen LogP) is 4.77. The molecule has 1 saturated heterocycles. The maximum Gasteiger partial charge on any atom is 0.129 e. The van der Waals surface area contributed by atoms with Gasteiger partial charge in [0.15, 0.2) is 0 Å². The van der Waals surface area contributed by atoms with Gasteiger partial charge in [-0.2, -0.15) is 0 Å². The number of rotatable bonds is 5. The molecule has 0 spiro atoms. The summed E-state index contributed by atoms with van der Waals surface area (Å²) < 4.78 is 14.3. The summed E-state index contributed by atoms with van der Waals surface area (Å²) in [6, 6.07) is 3.41. The van der Waals surface area contributed by atoms with Crippen molar-refractivity contribution in [2.24, 2.45) is 0 Å². The fourth-order valence-corrected chi connectivity index (χ4v) is 3.16. The van der Waals surface area contributed by atoms with Crippen LogP contribution in [0.4, 0.5) is 4.39 Å². The maximum absolute atomic E-state index is 14.3. The second-order valence-corrected chi connectivity index (χ2v) is 5.91. The number of aryl methyl sites for hydroxylation is 1. The molecule has 1 aromatic rings. The number of piperazine rings is 1. The van der Waals surface area contributed by atoms with Gasteiger partial charge in [-0.25, -0.2) is 4.39 Å². The Balaban J connectivity index is 0.00000220. The zero-order valence-corrected chi connectivity index (χ0v) is 15.6. The van der Waals surface area contributed by atoms with Crippen LogP contribution in [0.3, 0.4) is 0 Å². The number of hydrogen-bond donors (Lipinski definition) is 1. The number of hydrogen-bond acceptors (Lipinski definition) is 2. The lowest BCUT2D eigenvalue weighted by Gasteiger charge is -2.36. The van der Waals surface area contributed by atoms with Gasteiger partial charge in [0.1, 0.15) is 5.82 Å². The van der Waals surface area contributed by atoms with Gasteiger partial charge in [-0.15, -0.1) is 24.8 Å². The van der Waals surface area contributed by atoms with Gasteiger partial charge < -0.3 is 5.32 Å². The van der Waals surface area contributed by atoms with Crippen LogP contribution in [-0.4, -0.2) is 31.1 Å². The lowest BCUT2D eigenvalue weighted by atomic mass is 9.96. The van der Waals surface area contributed by atoms with Crippen LogP contribution in [-0.2, 0) is 0 Å². The Morgan fingerprint density at radius 1 is 1.27 bits per heavy atom. The fourth-order valence-electron chi connectivity index (χ4n) is 2.88. The Hall–Kier alpha value is -0.0600. The van der Waals surface area contributed by atoms with E-state index in [1.54, 1.807) is 12.1 Å². The van der Waals surface area contributed by atoms with Gasteiger partial charge in [0.05, 0.1) is 5.02 Å². The summed E-state index contributed by atoms with van der Waals surface area (Å²) in [6.07, 6.45) is 3.18. The standard InChI is InChI=1S/C16H24ClFN2.2ClH/c1-3-4-5-14(20-10-8-19-9-11-20)15-13(18)7-6-12(2)16(15)17;;/h6-7,14,19H,3-5,8-11H2,1-2H3;2*1H/t14-;;/m1../s1. The van der Waals surface area contributed by atoms with E-state index in [2.05, 4.69) is 17.1 Å². The second kappa shape index (κ2) is 10.7. The van der Waals surface area contributed by atoms with Crippen LogP contribution in [0.25, 0.3) is 0 Å². The number of nitrogens with one attached hydrogen (secondary N) is 1. The smallest absolute Gasteiger partial charge is 0.129 e. The summed E-state index contributed by atoms with van der Waals surface area (Å²) in [6.45, 7) is 7.96. The molecule has 0 amide bonds. The first-order valence-electron chi connectivity index (χ1n) is 7.54. The zero-order valence-electron chi connectivity index (χ0n) is 13.2. The number of halogens is 4. The first-order valence-corrected chi connectivity index (χ1v) is 7.92. The molecule has 0 aliphatic carbocycles. The van der Waals surface area contributed by atoms with E-state index < -0.39 is 0 Å². The third-order valence-electron chi connectivity index (χ3n) is 4.08. The van der Waals surface area contributed by atoms with Crippen molar-refractivity contribution in [3.63, 3.8) is 0 Å². The third kappa shape index (κ3) is 5.24. The van der Waals surface area contributed by atoms with Crippen LogP contribution in [0, 0.1) is 12.7 Å². The van der Waals surface area contributed by atoms with Gasteiger partial charge in [-0.3, -0.25) is 4.90 Å². The van der Waals surface area contributed by atoms with E-state index in [1.165, 1.54) is 0 Å². The summed E-state index contributed by atoms with van der Waals surface area (Å²) >= 11 is 6.41. The highest BCUT2D eigenvalue weighted by molar-refractivity contribution is 6.32. The van der Waals surface area contributed by atoms with Crippen molar-refractivity contribution in [2.45, 2.75) is 39.2 Å². The van der Waals surface area contributed by atoms with Crippen molar-refractivity contribution >= 4 is 36.4 Å². The van der Waals surface area contributed by atoms with Crippen molar-refractivity contribution in [3.05, 3.63) is 34.1 Å². The summed E-state index contributed by atoms with van der Waals surface area (Å²) in [7, 11) is 0. The first-order chi connectivity index (χ1) is 9.65. The molecule has 1 aliphatic rings. The van der Waals surface area contributed by atoms with Crippen LogP contribution in [0.15, 0.2) is 12.1 Å². The van der Waals surface area contributed by atoms with Gasteiger partial charge in [-0.1, -0.05) is 37.4 Å². The summed E-state index contributed by atoms with van der Waals surface area (Å²) in [5, 5.41) is 3.95. The third-order valence-corrected chi connectivity index (χ3v) is 4.58. The van der Waals surface area contributed by atoms with E-state index >= 15 is 0 Å². The molecule has 1 fully saturated rings. The molecule has 0 unspecified atom stereocenters. The van der Waals surface area contributed by atoms with Crippen molar-refractivity contribution in [3.8, 4) is 0 Å². The SMILES string of the molecule is CCCC[C@H](c1c(F)ccc(C)c1Cl)N1CCNCC1.Cl.Cl. The molecule has 1 atom stereocenters. The van der Waals surface area contributed by atoms with Crippen LogP contribution in [0.1, 0.15) is 43.4 Å². The van der Waals surface area contributed by atoms with E-state index in [9.17, 15) is 4.39 Å². The molecule has 2 nitrogen and oxygen atoms in total. The average Bonchev–Trinajstić information content (AvgIpc) is 2.47. The van der Waals surface area contributed by atoms with Crippen molar-refractivity contribution in [1.29, 1.82) is 0 Å². The highest BCUT2D eigenvalue weighted by atomic mass is 35.5. The molecule has 1 N–H and O–H groups in total. The van der Waals surface area contributed by atoms with Gasteiger partial charge in [0, 0.05) is 37.8 Å². The lowest BCUT2D eigenvalue weighted by molar-refractivity contribution is 0.160. The zero-order chi connectivity index (χ0) is 14.5. The molecular weight excluding hydrogens is 346 g/mol. The predicted molar refractivity (Wildman–Crippen MR) is 97.4 cm³/mol. The Bertz CT molecular complexity index is 451. The van der Waals surface area contributed by atoms with Crippen molar-refractivity contribution in [2.75, 3.05) is 26.2 Å². The Kier molecular flexibility index (Phi) is 10.6. The van der Waals surface area contributed by atoms with E-state index in [-0.39, 0.29) is 36.7 Å². The molecular formula is C16H26Cl3FN2. The van der Waals surface area contributed by atoms with Gasteiger partial charge in [0.25, 0.3) is 0 Å². The molecule has 1 heterocycles. The molecule has 0 saturated carbocycles. The highest BCUT2D eigenvalue weighted by Crippen LogP contribution is 2.35. The van der Waals surface area contributed by atoms with E-state index in [0.717, 1.165) is 51.0 Å². The molecule has 0 aromatic heterocycles. The molecule has 22 heavy (non-hydrogen) atoms. The minimum Gasteiger partial charge on any atom is -0.314 e. The largest absolute Gasteiger partial charge is 0.314 e. The fraction of sp³-hybridized carbons (Fsp3) is 0.625. The molecule has 128 valence electrons. The van der Waals surface area contributed by atoms with Crippen molar-refractivity contribution < 1.29 is 4.39 Å². The first kappa shape index (κ1) is 21.9. The Morgan fingerprint density at radius 2 is 1.91 bits per heavy atom. The van der Waals surface area contributed by atoms with Gasteiger partial charge >= 0.3 is 0 Å². The van der Waals surface area contributed by atoms with Crippen molar-refractivity contribution in [1.82, 2.24) is 10.2 Å². The number of nitrogens with zero attached hydrogens (tertiary/aromatic N) is 1. The Labute approximate surface area is 150 Å². The minimum atomic E-state index is -0.166. The Morgan fingerprint density at radius 3 is 2.50 bits per heavy atom. The lowest BCUT2D eigenvalue weighted by Crippen LogP contribution is -2.45. The second-order valence-electron chi connectivity index (χ2n) is 5.54. The highest BCUT2D eigenvalue weighted by Gasteiger charge is 2.26. The summed E-state index contributed by atoms with van der Waals surface area (Å²) in [5.41, 5.74) is 1.65. The summed E-state index contributed by atoms with van der Waals surface area (Å²) in [4.78, 5) is 2.37. The molecule has 6 heteroatoms. The van der Waals surface area contributed by atoms with Crippen LogP contribution in [0.2, 0.25) is 5.02 Å². The minimum absolute atomic E-state index is 0.